The van der Waals surface area contributed by atoms with E-state index in [1.807, 2.05) is 0 Å². The SMILES string of the molecule is Cc1cc(NC(=S)N[C@@H]2CCS(=O)(=O)C2)no1. The molecule has 1 fully saturated rings. The van der Waals surface area contributed by atoms with Crippen LogP contribution in [0.3, 0.4) is 0 Å². The van der Waals surface area contributed by atoms with Crippen molar-refractivity contribution in [3.8, 4) is 0 Å². The zero-order chi connectivity index (χ0) is 12.5. The number of aromatic nitrogens is 1. The van der Waals surface area contributed by atoms with E-state index in [2.05, 4.69) is 15.8 Å². The fourth-order valence-corrected chi connectivity index (χ4v) is 3.62. The van der Waals surface area contributed by atoms with Crippen LogP contribution in [-0.4, -0.2) is 36.2 Å². The summed E-state index contributed by atoms with van der Waals surface area (Å²) in [5, 5.41) is 9.88. The Bertz CT molecular complexity index is 523. The molecule has 1 atom stereocenters. The van der Waals surface area contributed by atoms with E-state index in [1.165, 1.54) is 0 Å². The van der Waals surface area contributed by atoms with Crippen LogP contribution in [0.25, 0.3) is 0 Å². The molecule has 0 spiro atoms. The molecule has 0 aliphatic carbocycles. The van der Waals surface area contributed by atoms with Gasteiger partial charge in [0.1, 0.15) is 5.76 Å². The minimum atomic E-state index is -2.89. The fourth-order valence-electron chi connectivity index (χ4n) is 1.67. The molecule has 2 N–H and O–H groups in total. The minimum absolute atomic E-state index is 0.118. The van der Waals surface area contributed by atoms with E-state index in [4.69, 9.17) is 16.7 Å². The summed E-state index contributed by atoms with van der Waals surface area (Å²) in [6.07, 6.45) is 0.585. The van der Waals surface area contributed by atoms with Gasteiger partial charge >= 0.3 is 0 Å². The lowest BCUT2D eigenvalue weighted by Gasteiger charge is -2.12. The molecule has 2 heterocycles. The highest BCUT2D eigenvalue weighted by atomic mass is 32.2. The van der Waals surface area contributed by atoms with Gasteiger partial charge in [-0.1, -0.05) is 5.16 Å². The van der Waals surface area contributed by atoms with E-state index in [-0.39, 0.29) is 17.5 Å². The molecule has 0 amide bonds. The van der Waals surface area contributed by atoms with Crippen molar-refractivity contribution in [1.29, 1.82) is 0 Å². The normalized spacial score (nSPS) is 22.3. The molecule has 0 aromatic carbocycles. The number of anilines is 1. The van der Waals surface area contributed by atoms with Gasteiger partial charge in [0.05, 0.1) is 11.5 Å². The molecule has 1 aromatic rings. The highest BCUT2D eigenvalue weighted by molar-refractivity contribution is 7.91. The summed E-state index contributed by atoms with van der Waals surface area (Å²) in [7, 11) is -2.89. The quantitative estimate of drug-likeness (QED) is 0.758. The van der Waals surface area contributed by atoms with Gasteiger partial charge in [-0.2, -0.15) is 0 Å². The minimum Gasteiger partial charge on any atom is -0.360 e. The third-order valence-corrected chi connectivity index (χ3v) is 4.43. The van der Waals surface area contributed by atoms with Gasteiger partial charge < -0.3 is 15.2 Å². The largest absolute Gasteiger partial charge is 0.360 e. The number of nitrogens with zero attached hydrogens (tertiary/aromatic N) is 1. The van der Waals surface area contributed by atoms with Crippen LogP contribution in [0.5, 0.6) is 0 Å². The zero-order valence-corrected chi connectivity index (χ0v) is 10.9. The highest BCUT2D eigenvalue weighted by Crippen LogP contribution is 2.12. The number of aryl methyl sites for hydroxylation is 1. The van der Waals surface area contributed by atoms with Crippen LogP contribution < -0.4 is 10.6 Å². The molecule has 1 aliphatic heterocycles. The molecule has 0 bridgehead atoms. The van der Waals surface area contributed by atoms with Gasteiger partial charge in [0.2, 0.25) is 0 Å². The summed E-state index contributed by atoms with van der Waals surface area (Å²) < 4.78 is 27.4. The molecule has 0 radical (unpaired) electrons. The molecule has 1 aliphatic rings. The van der Waals surface area contributed by atoms with Crippen molar-refractivity contribution < 1.29 is 12.9 Å². The van der Waals surface area contributed by atoms with Gasteiger partial charge in [0.25, 0.3) is 0 Å². The number of sulfone groups is 1. The zero-order valence-electron chi connectivity index (χ0n) is 9.26. The van der Waals surface area contributed by atoms with Gasteiger partial charge in [-0.3, -0.25) is 0 Å². The molecular formula is C9H13N3O3S2. The number of rotatable bonds is 2. The van der Waals surface area contributed by atoms with Gasteiger partial charge in [-0.15, -0.1) is 0 Å². The van der Waals surface area contributed by atoms with E-state index >= 15 is 0 Å². The maximum absolute atomic E-state index is 11.3. The van der Waals surface area contributed by atoms with Crippen LogP contribution in [-0.2, 0) is 9.84 Å². The molecule has 1 aromatic heterocycles. The summed E-state index contributed by atoms with van der Waals surface area (Å²) in [6, 6.07) is 1.59. The molecule has 17 heavy (non-hydrogen) atoms. The number of hydrogen-bond donors (Lipinski definition) is 2. The Labute approximate surface area is 105 Å². The van der Waals surface area contributed by atoms with E-state index in [0.717, 1.165) is 0 Å². The Morgan fingerprint density at radius 3 is 2.94 bits per heavy atom. The Hall–Kier alpha value is -1.15. The Morgan fingerprint density at radius 1 is 1.65 bits per heavy atom. The van der Waals surface area contributed by atoms with Crippen LogP contribution in [0.1, 0.15) is 12.2 Å². The maximum atomic E-state index is 11.3. The first-order valence-electron chi connectivity index (χ1n) is 5.16. The van der Waals surface area contributed by atoms with Crippen LogP contribution in [0.15, 0.2) is 10.6 Å². The summed E-state index contributed by atoms with van der Waals surface area (Å²) in [6.45, 7) is 1.78. The Balaban J connectivity index is 1.86. The molecular weight excluding hydrogens is 262 g/mol. The summed E-state index contributed by atoms with van der Waals surface area (Å²) in [5.74, 6) is 1.54. The second-order valence-corrected chi connectivity index (χ2v) is 6.66. The predicted octanol–water partition coefficient (Wildman–Crippen LogP) is 0.457. The van der Waals surface area contributed by atoms with Crippen LogP contribution in [0.4, 0.5) is 5.82 Å². The molecule has 94 valence electrons. The van der Waals surface area contributed by atoms with Crippen molar-refractivity contribution >= 4 is 33.0 Å². The fraction of sp³-hybridized carbons (Fsp3) is 0.556. The second-order valence-electron chi connectivity index (χ2n) is 4.02. The van der Waals surface area contributed by atoms with E-state index in [0.29, 0.717) is 23.1 Å². The van der Waals surface area contributed by atoms with Gasteiger partial charge in [-0.05, 0) is 25.6 Å². The first kappa shape index (κ1) is 12.3. The maximum Gasteiger partial charge on any atom is 0.175 e. The van der Waals surface area contributed by atoms with E-state index in [1.54, 1.807) is 13.0 Å². The standard InChI is InChI=1S/C9H13N3O3S2/c1-6-4-8(12-15-6)11-9(16)10-7-2-3-17(13,14)5-7/h4,7H,2-3,5H2,1H3,(H2,10,11,12,16)/t7-/m1/s1. The molecule has 1 saturated heterocycles. The van der Waals surface area contributed by atoms with Crippen LogP contribution >= 0.6 is 12.2 Å². The second kappa shape index (κ2) is 4.61. The third-order valence-electron chi connectivity index (χ3n) is 2.44. The molecule has 0 saturated carbocycles. The van der Waals surface area contributed by atoms with Crippen molar-refractivity contribution in [2.45, 2.75) is 19.4 Å². The van der Waals surface area contributed by atoms with Gasteiger partial charge in [0, 0.05) is 12.1 Å². The summed E-state index contributed by atoms with van der Waals surface area (Å²) in [5.41, 5.74) is 0. The van der Waals surface area contributed by atoms with Gasteiger partial charge in [0.15, 0.2) is 20.8 Å². The molecule has 8 heteroatoms. The number of hydrogen-bond acceptors (Lipinski definition) is 5. The molecule has 6 nitrogen and oxygen atoms in total. The Morgan fingerprint density at radius 2 is 2.41 bits per heavy atom. The van der Waals surface area contributed by atoms with Crippen LogP contribution in [0, 0.1) is 6.92 Å². The van der Waals surface area contributed by atoms with E-state index in [9.17, 15) is 8.42 Å². The third kappa shape index (κ3) is 3.40. The highest BCUT2D eigenvalue weighted by Gasteiger charge is 2.28. The lowest BCUT2D eigenvalue weighted by Crippen LogP contribution is -2.38. The summed E-state index contributed by atoms with van der Waals surface area (Å²) >= 11 is 5.06. The first-order chi connectivity index (χ1) is 7.94. The smallest absolute Gasteiger partial charge is 0.175 e. The first-order valence-corrected chi connectivity index (χ1v) is 7.39. The van der Waals surface area contributed by atoms with Crippen molar-refractivity contribution in [2.75, 3.05) is 16.8 Å². The number of nitrogens with one attached hydrogen (secondary N) is 2. The Kier molecular flexibility index (Phi) is 3.34. The van der Waals surface area contributed by atoms with Gasteiger partial charge in [-0.25, -0.2) is 8.42 Å². The molecule has 0 unspecified atom stereocenters. The average Bonchev–Trinajstić information content (AvgIpc) is 2.73. The van der Waals surface area contributed by atoms with Crippen molar-refractivity contribution in [3.63, 3.8) is 0 Å². The summed E-state index contributed by atoms with van der Waals surface area (Å²) in [4.78, 5) is 0. The topological polar surface area (TPSA) is 84.2 Å². The van der Waals surface area contributed by atoms with Crippen molar-refractivity contribution in [1.82, 2.24) is 10.5 Å². The average molecular weight is 275 g/mol. The number of thiocarbonyl (C=S) groups is 1. The van der Waals surface area contributed by atoms with Crippen molar-refractivity contribution in [3.05, 3.63) is 11.8 Å². The molecule has 2 rings (SSSR count). The predicted molar refractivity (Wildman–Crippen MR) is 67.7 cm³/mol. The lowest BCUT2D eigenvalue weighted by atomic mass is 10.3. The monoisotopic (exact) mass is 275 g/mol. The van der Waals surface area contributed by atoms with Crippen molar-refractivity contribution in [2.24, 2.45) is 0 Å². The lowest BCUT2D eigenvalue weighted by molar-refractivity contribution is 0.400. The van der Waals surface area contributed by atoms with Crippen LogP contribution in [0.2, 0.25) is 0 Å². The van der Waals surface area contributed by atoms with E-state index < -0.39 is 9.84 Å².